The highest BCUT2D eigenvalue weighted by atomic mass is 127. The Morgan fingerprint density at radius 1 is 1.64 bits per heavy atom. The van der Waals surface area contributed by atoms with Crippen LogP contribution in [0.5, 0.6) is 0 Å². The molecular weight excluding hydrogens is 297 g/mol. The van der Waals surface area contributed by atoms with E-state index in [4.69, 9.17) is 0 Å². The zero-order valence-electron chi connectivity index (χ0n) is 7.63. The quantitative estimate of drug-likeness (QED) is 0.616. The number of esters is 1. The third-order valence-electron chi connectivity index (χ3n) is 2.30. The lowest BCUT2D eigenvalue weighted by Crippen LogP contribution is -2.40. The minimum atomic E-state index is -0.385. The molecule has 0 aliphatic carbocycles. The molecule has 0 bridgehead atoms. The van der Waals surface area contributed by atoms with Crippen LogP contribution < -0.4 is 5.32 Å². The molecule has 0 spiro atoms. The van der Waals surface area contributed by atoms with Crippen LogP contribution in [0.3, 0.4) is 0 Å². The predicted molar refractivity (Wildman–Crippen MR) is 58.3 cm³/mol. The van der Waals surface area contributed by atoms with Crippen LogP contribution in [0.1, 0.15) is 22.1 Å². The largest absolute Gasteiger partial charge is 0.464 e. The van der Waals surface area contributed by atoms with E-state index in [9.17, 15) is 4.79 Å². The summed E-state index contributed by atoms with van der Waals surface area (Å²) in [6.07, 6.45) is 0. The number of hydrogen-bond donors (Lipinski definition) is 2. The SMILES string of the molecule is COC(=O)c1n[nH]c(C2CNC2)c1I. The maximum Gasteiger partial charge on any atom is 0.359 e. The van der Waals surface area contributed by atoms with Crippen molar-refractivity contribution in [3.8, 4) is 0 Å². The fourth-order valence-corrected chi connectivity index (χ4v) is 2.24. The molecule has 14 heavy (non-hydrogen) atoms. The van der Waals surface area contributed by atoms with E-state index < -0.39 is 0 Å². The van der Waals surface area contributed by atoms with Crippen LogP contribution in [0.2, 0.25) is 0 Å². The normalized spacial score (nSPS) is 16.4. The van der Waals surface area contributed by atoms with Crippen LogP contribution in [-0.4, -0.2) is 36.4 Å². The van der Waals surface area contributed by atoms with Crippen molar-refractivity contribution in [3.63, 3.8) is 0 Å². The molecule has 76 valence electrons. The van der Waals surface area contributed by atoms with Crippen molar-refractivity contribution >= 4 is 28.6 Å². The van der Waals surface area contributed by atoms with Crippen LogP contribution in [0.25, 0.3) is 0 Å². The number of aromatic amines is 1. The standard InChI is InChI=1S/C8H10IN3O2/c1-14-8(13)7-5(9)6(11-12-7)4-2-10-3-4/h4,10H,2-3H2,1H3,(H,11,12). The van der Waals surface area contributed by atoms with Gasteiger partial charge in [0.2, 0.25) is 0 Å². The Morgan fingerprint density at radius 3 is 2.86 bits per heavy atom. The highest BCUT2D eigenvalue weighted by Gasteiger charge is 2.27. The number of ether oxygens (including phenoxy) is 1. The van der Waals surface area contributed by atoms with E-state index in [1.165, 1.54) is 7.11 Å². The zero-order valence-corrected chi connectivity index (χ0v) is 9.79. The molecule has 1 aromatic heterocycles. The van der Waals surface area contributed by atoms with E-state index in [-0.39, 0.29) is 5.97 Å². The first kappa shape index (κ1) is 9.91. The number of hydrogen-bond acceptors (Lipinski definition) is 4. The molecule has 6 heteroatoms. The molecule has 1 fully saturated rings. The van der Waals surface area contributed by atoms with Gasteiger partial charge in [-0.05, 0) is 22.6 Å². The average Bonchev–Trinajstić information content (AvgIpc) is 2.45. The van der Waals surface area contributed by atoms with Gasteiger partial charge in [-0.2, -0.15) is 5.10 Å². The van der Waals surface area contributed by atoms with E-state index >= 15 is 0 Å². The molecule has 0 atom stereocenters. The van der Waals surface area contributed by atoms with Crippen molar-refractivity contribution in [2.45, 2.75) is 5.92 Å². The lowest BCUT2D eigenvalue weighted by atomic mass is 9.99. The number of aromatic nitrogens is 2. The Balaban J connectivity index is 2.27. The Hall–Kier alpha value is -0.630. The molecule has 1 saturated heterocycles. The first-order valence-electron chi connectivity index (χ1n) is 4.26. The van der Waals surface area contributed by atoms with Crippen molar-refractivity contribution in [2.24, 2.45) is 0 Å². The molecule has 0 amide bonds. The molecule has 5 nitrogen and oxygen atoms in total. The number of carbonyl (C=O) groups is 1. The van der Waals surface area contributed by atoms with Gasteiger partial charge in [-0.1, -0.05) is 0 Å². The number of H-pyrrole nitrogens is 1. The summed E-state index contributed by atoms with van der Waals surface area (Å²) in [4.78, 5) is 11.3. The van der Waals surface area contributed by atoms with Gasteiger partial charge in [0.05, 0.1) is 16.4 Å². The number of rotatable bonds is 2. The number of methoxy groups -OCH3 is 1. The van der Waals surface area contributed by atoms with E-state index in [0.717, 1.165) is 22.4 Å². The van der Waals surface area contributed by atoms with Crippen molar-refractivity contribution in [2.75, 3.05) is 20.2 Å². The Labute approximate surface area is 94.7 Å². The first-order valence-corrected chi connectivity index (χ1v) is 5.34. The maximum atomic E-state index is 11.3. The van der Waals surface area contributed by atoms with Gasteiger partial charge in [-0.25, -0.2) is 4.79 Å². The third-order valence-corrected chi connectivity index (χ3v) is 3.39. The lowest BCUT2D eigenvalue weighted by molar-refractivity contribution is 0.0593. The predicted octanol–water partition coefficient (Wildman–Crippen LogP) is 0.488. The third kappa shape index (κ3) is 1.52. The zero-order chi connectivity index (χ0) is 10.1. The van der Waals surface area contributed by atoms with Crippen molar-refractivity contribution < 1.29 is 9.53 Å². The molecule has 1 aromatic rings. The summed E-state index contributed by atoms with van der Waals surface area (Å²) >= 11 is 2.12. The van der Waals surface area contributed by atoms with Crippen LogP contribution in [-0.2, 0) is 4.74 Å². The molecule has 2 heterocycles. The van der Waals surface area contributed by atoms with E-state index in [1.807, 2.05) is 0 Å². The minimum Gasteiger partial charge on any atom is -0.464 e. The van der Waals surface area contributed by atoms with E-state index in [2.05, 4.69) is 42.8 Å². The summed E-state index contributed by atoms with van der Waals surface area (Å²) < 4.78 is 5.50. The smallest absolute Gasteiger partial charge is 0.359 e. The monoisotopic (exact) mass is 307 g/mol. The molecule has 1 aliphatic heterocycles. The molecule has 2 N–H and O–H groups in total. The second kappa shape index (κ2) is 3.85. The summed E-state index contributed by atoms with van der Waals surface area (Å²) in [6.45, 7) is 1.89. The number of nitrogens with zero attached hydrogens (tertiary/aromatic N) is 1. The summed E-state index contributed by atoms with van der Waals surface area (Å²) in [6, 6.07) is 0. The number of nitrogens with one attached hydrogen (secondary N) is 2. The first-order chi connectivity index (χ1) is 6.74. The van der Waals surface area contributed by atoms with Gasteiger partial charge in [0.25, 0.3) is 0 Å². The second-order valence-electron chi connectivity index (χ2n) is 3.15. The van der Waals surface area contributed by atoms with Gasteiger partial charge in [-0.3, -0.25) is 5.10 Å². The lowest BCUT2D eigenvalue weighted by Gasteiger charge is -2.26. The summed E-state index contributed by atoms with van der Waals surface area (Å²) in [5.41, 5.74) is 1.42. The molecule has 0 radical (unpaired) electrons. The second-order valence-corrected chi connectivity index (χ2v) is 4.23. The summed E-state index contributed by atoms with van der Waals surface area (Å²) in [5, 5.41) is 10.0. The van der Waals surface area contributed by atoms with E-state index in [1.54, 1.807) is 0 Å². The van der Waals surface area contributed by atoms with Crippen LogP contribution in [0.15, 0.2) is 0 Å². The number of halogens is 1. The van der Waals surface area contributed by atoms with Gasteiger partial charge in [0.1, 0.15) is 0 Å². The average molecular weight is 307 g/mol. The fourth-order valence-electron chi connectivity index (χ4n) is 1.34. The minimum absolute atomic E-state index is 0.384. The molecule has 0 aromatic carbocycles. The molecular formula is C8H10IN3O2. The Morgan fingerprint density at radius 2 is 2.36 bits per heavy atom. The van der Waals surface area contributed by atoms with Crippen LogP contribution >= 0.6 is 22.6 Å². The number of carbonyl (C=O) groups excluding carboxylic acids is 1. The summed E-state index contributed by atoms with van der Waals surface area (Å²) in [5.74, 6) is 0.0667. The van der Waals surface area contributed by atoms with Gasteiger partial charge in [-0.15, -0.1) is 0 Å². The van der Waals surface area contributed by atoms with E-state index in [0.29, 0.717) is 11.6 Å². The highest BCUT2D eigenvalue weighted by Crippen LogP contribution is 2.25. The molecule has 0 saturated carbocycles. The van der Waals surface area contributed by atoms with Crippen molar-refractivity contribution in [3.05, 3.63) is 15.0 Å². The topological polar surface area (TPSA) is 67.0 Å². The van der Waals surface area contributed by atoms with Gasteiger partial charge in [0, 0.05) is 19.0 Å². The highest BCUT2D eigenvalue weighted by molar-refractivity contribution is 14.1. The van der Waals surface area contributed by atoms with Gasteiger partial charge in [0.15, 0.2) is 5.69 Å². The Bertz CT molecular complexity index is 359. The Kier molecular flexibility index (Phi) is 2.73. The maximum absolute atomic E-state index is 11.3. The van der Waals surface area contributed by atoms with Crippen LogP contribution in [0, 0.1) is 3.57 Å². The fraction of sp³-hybridized carbons (Fsp3) is 0.500. The van der Waals surface area contributed by atoms with Crippen molar-refractivity contribution in [1.82, 2.24) is 15.5 Å². The molecule has 2 rings (SSSR count). The molecule has 1 aliphatic rings. The van der Waals surface area contributed by atoms with Crippen LogP contribution in [0.4, 0.5) is 0 Å². The molecule has 0 unspecified atom stereocenters. The van der Waals surface area contributed by atoms with Crippen molar-refractivity contribution in [1.29, 1.82) is 0 Å². The van der Waals surface area contributed by atoms with Gasteiger partial charge >= 0.3 is 5.97 Å². The summed E-state index contributed by atoms with van der Waals surface area (Å²) in [7, 11) is 1.36. The van der Waals surface area contributed by atoms with Gasteiger partial charge < -0.3 is 10.1 Å².